The van der Waals surface area contributed by atoms with Crippen LogP contribution in [0.25, 0.3) is 0 Å². The molecule has 0 radical (unpaired) electrons. The van der Waals surface area contributed by atoms with Crippen LogP contribution in [0.1, 0.15) is 50.5 Å². The molecule has 1 aromatic rings. The van der Waals surface area contributed by atoms with Gasteiger partial charge in [-0.15, -0.1) is 0 Å². The Morgan fingerprint density at radius 3 is 2.57 bits per heavy atom. The van der Waals surface area contributed by atoms with E-state index in [0.717, 1.165) is 56.3 Å². The third-order valence-corrected chi connectivity index (χ3v) is 7.06. The van der Waals surface area contributed by atoms with Gasteiger partial charge in [-0.2, -0.15) is 0 Å². The highest BCUT2D eigenvalue weighted by Crippen LogP contribution is 2.42. The maximum atomic E-state index is 12.9. The van der Waals surface area contributed by atoms with Crippen LogP contribution in [0.3, 0.4) is 0 Å². The van der Waals surface area contributed by atoms with Gasteiger partial charge in [0.1, 0.15) is 0 Å². The van der Waals surface area contributed by atoms with Crippen LogP contribution in [0, 0.1) is 17.8 Å². The van der Waals surface area contributed by atoms with E-state index in [1.54, 1.807) is 0 Å². The SMILES string of the molecule is NC(=O)C1CCCN1Cc1cccc(NC(=O)C2CC3CCCC(C2)C3N)c1. The fourth-order valence-electron chi connectivity index (χ4n) is 5.57. The van der Waals surface area contributed by atoms with Crippen LogP contribution in [0.2, 0.25) is 0 Å². The summed E-state index contributed by atoms with van der Waals surface area (Å²) in [4.78, 5) is 26.6. The van der Waals surface area contributed by atoms with E-state index in [9.17, 15) is 9.59 Å². The summed E-state index contributed by atoms with van der Waals surface area (Å²) in [5.74, 6) is 0.933. The molecule has 0 aromatic heterocycles. The summed E-state index contributed by atoms with van der Waals surface area (Å²) in [6.45, 7) is 1.56. The van der Waals surface area contributed by atoms with Gasteiger partial charge in [-0.25, -0.2) is 0 Å². The summed E-state index contributed by atoms with van der Waals surface area (Å²) in [5.41, 5.74) is 13.8. The highest BCUT2D eigenvalue weighted by Gasteiger charge is 2.40. The number of carbonyl (C=O) groups is 2. The Bertz CT molecular complexity index is 723. The summed E-state index contributed by atoms with van der Waals surface area (Å²) < 4.78 is 0. The highest BCUT2D eigenvalue weighted by molar-refractivity contribution is 5.92. The van der Waals surface area contributed by atoms with E-state index >= 15 is 0 Å². The van der Waals surface area contributed by atoms with Crippen molar-refractivity contribution in [3.8, 4) is 0 Å². The first-order valence-corrected chi connectivity index (χ1v) is 10.7. The average Bonchev–Trinajstić information content (AvgIpc) is 3.10. The third-order valence-electron chi connectivity index (χ3n) is 7.06. The molecule has 2 saturated carbocycles. The average molecular weight is 385 g/mol. The maximum absolute atomic E-state index is 12.9. The first-order chi connectivity index (χ1) is 13.5. The molecule has 6 heteroatoms. The third kappa shape index (κ3) is 4.08. The van der Waals surface area contributed by atoms with Gasteiger partial charge in [-0.05, 0) is 74.6 Å². The molecule has 3 fully saturated rings. The van der Waals surface area contributed by atoms with E-state index in [1.807, 2.05) is 24.3 Å². The van der Waals surface area contributed by atoms with E-state index in [0.29, 0.717) is 18.4 Å². The van der Waals surface area contributed by atoms with Crippen molar-refractivity contribution in [2.75, 3.05) is 11.9 Å². The van der Waals surface area contributed by atoms with Crippen LogP contribution in [0.4, 0.5) is 5.69 Å². The van der Waals surface area contributed by atoms with Crippen molar-refractivity contribution in [1.29, 1.82) is 0 Å². The number of fused-ring (bicyclic) bond motifs is 2. The molecule has 3 aliphatic rings. The number of primary amides is 1. The lowest BCUT2D eigenvalue weighted by Gasteiger charge is -2.43. The summed E-state index contributed by atoms with van der Waals surface area (Å²) in [7, 11) is 0. The second kappa shape index (κ2) is 8.21. The second-order valence-corrected chi connectivity index (χ2v) is 8.92. The molecular weight excluding hydrogens is 352 g/mol. The number of likely N-dealkylation sites (tertiary alicyclic amines) is 1. The minimum absolute atomic E-state index is 0.0663. The number of hydrogen-bond donors (Lipinski definition) is 3. The summed E-state index contributed by atoms with van der Waals surface area (Å²) in [5, 5.41) is 3.13. The van der Waals surface area contributed by atoms with Gasteiger partial charge in [0.15, 0.2) is 0 Å². The van der Waals surface area contributed by atoms with Gasteiger partial charge < -0.3 is 16.8 Å². The minimum Gasteiger partial charge on any atom is -0.368 e. The molecule has 3 atom stereocenters. The van der Waals surface area contributed by atoms with Gasteiger partial charge in [0.25, 0.3) is 0 Å². The number of rotatable bonds is 5. The molecule has 1 saturated heterocycles. The van der Waals surface area contributed by atoms with Crippen LogP contribution < -0.4 is 16.8 Å². The normalized spacial score (nSPS) is 32.8. The van der Waals surface area contributed by atoms with Gasteiger partial charge in [0.05, 0.1) is 6.04 Å². The number of benzene rings is 1. The molecular formula is C22H32N4O2. The Labute approximate surface area is 167 Å². The zero-order chi connectivity index (χ0) is 19.7. The van der Waals surface area contributed by atoms with Crippen molar-refractivity contribution in [2.24, 2.45) is 29.2 Å². The van der Waals surface area contributed by atoms with Crippen molar-refractivity contribution in [3.05, 3.63) is 29.8 Å². The summed E-state index contributed by atoms with van der Waals surface area (Å²) in [6, 6.07) is 8.06. The quantitative estimate of drug-likeness (QED) is 0.724. The standard InChI is InChI=1S/C22H32N4O2/c23-20-15-5-2-6-16(20)12-17(11-15)22(28)25-18-7-1-4-14(10-18)13-26-9-3-8-19(26)21(24)27/h1,4,7,10,15-17,19-20H,2-3,5-6,8-9,11-13,23H2,(H2,24,27)(H,25,28). The van der Waals surface area contributed by atoms with Crippen LogP contribution >= 0.6 is 0 Å². The van der Waals surface area contributed by atoms with Crippen molar-refractivity contribution in [1.82, 2.24) is 4.90 Å². The molecule has 5 N–H and O–H groups in total. The molecule has 28 heavy (non-hydrogen) atoms. The monoisotopic (exact) mass is 384 g/mol. The van der Waals surface area contributed by atoms with Crippen LogP contribution in [0.5, 0.6) is 0 Å². The highest BCUT2D eigenvalue weighted by atomic mass is 16.2. The largest absolute Gasteiger partial charge is 0.368 e. The Balaban J connectivity index is 1.38. The van der Waals surface area contributed by atoms with E-state index in [4.69, 9.17) is 11.5 Å². The van der Waals surface area contributed by atoms with Crippen molar-refractivity contribution in [3.63, 3.8) is 0 Å². The number of nitrogens with two attached hydrogens (primary N) is 2. The van der Waals surface area contributed by atoms with Crippen molar-refractivity contribution in [2.45, 2.75) is 63.6 Å². The predicted molar refractivity (Wildman–Crippen MR) is 109 cm³/mol. The van der Waals surface area contributed by atoms with Crippen LogP contribution in [-0.2, 0) is 16.1 Å². The number of amides is 2. The number of carbonyl (C=O) groups excluding carboxylic acids is 2. The lowest BCUT2D eigenvalue weighted by Crippen LogP contribution is -2.48. The molecule has 1 aromatic carbocycles. The molecule has 152 valence electrons. The number of hydrogen-bond acceptors (Lipinski definition) is 4. The summed E-state index contributed by atoms with van der Waals surface area (Å²) >= 11 is 0. The molecule has 0 spiro atoms. The van der Waals surface area contributed by atoms with Gasteiger partial charge in [-0.1, -0.05) is 18.6 Å². The van der Waals surface area contributed by atoms with Gasteiger partial charge in [-0.3, -0.25) is 14.5 Å². The molecule has 2 amide bonds. The summed E-state index contributed by atoms with van der Waals surface area (Å²) in [6.07, 6.45) is 7.23. The van der Waals surface area contributed by atoms with E-state index in [-0.39, 0.29) is 29.8 Å². The van der Waals surface area contributed by atoms with Gasteiger partial charge in [0, 0.05) is 24.2 Å². The lowest BCUT2D eigenvalue weighted by molar-refractivity contribution is -0.123. The molecule has 2 bridgehead atoms. The van der Waals surface area contributed by atoms with Crippen LogP contribution in [0.15, 0.2) is 24.3 Å². The van der Waals surface area contributed by atoms with E-state index in [2.05, 4.69) is 10.2 Å². The number of nitrogens with one attached hydrogen (secondary N) is 1. The Morgan fingerprint density at radius 2 is 1.86 bits per heavy atom. The van der Waals surface area contributed by atoms with Crippen LogP contribution in [-0.4, -0.2) is 35.3 Å². The Hall–Kier alpha value is -1.92. The fraction of sp³-hybridized carbons (Fsp3) is 0.636. The first-order valence-electron chi connectivity index (χ1n) is 10.7. The Morgan fingerprint density at radius 1 is 1.11 bits per heavy atom. The molecule has 4 rings (SSSR count). The molecule has 3 unspecified atom stereocenters. The first kappa shape index (κ1) is 19.4. The molecule has 2 aliphatic carbocycles. The Kier molecular flexibility index (Phi) is 5.69. The second-order valence-electron chi connectivity index (χ2n) is 8.92. The van der Waals surface area contributed by atoms with Gasteiger partial charge in [0.2, 0.25) is 11.8 Å². The zero-order valence-electron chi connectivity index (χ0n) is 16.5. The topological polar surface area (TPSA) is 101 Å². The van der Waals surface area contributed by atoms with Gasteiger partial charge >= 0.3 is 0 Å². The smallest absolute Gasteiger partial charge is 0.234 e. The fourth-order valence-corrected chi connectivity index (χ4v) is 5.57. The van der Waals surface area contributed by atoms with E-state index in [1.165, 1.54) is 6.42 Å². The number of anilines is 1. The maximum Gasteiger partial charge on any atom is 0.234 e. The molecule has 1 heterocycles. The zero-order valence-corrected chi connectivity index (χ0v) is 16.5. The molecule has 1 aliphatic heterocycles. The predicted octanol–water partition coefficient (Wildman–Crippen LogP) is 2.23. The lowest BCUT2D eigenvalue weighted by atomic mass is 9.65. The van der Waals surface area contributed by atoms with E-state index < -0.39 is 0 Å². The molecule has 6 nitrogen and oxygen atoms in total. The number of nitrogens with zero attached hydrogens (tertiary/aromatic N) is 1. The minimum atomic E-state index is -0.247. The van der Waals surface area contributed by atoms with Crippen molar-refractivity contribution < 1.29 is 9.59 Å². The van der Waals surface area contributed by atoms with Crippen molar-refractivity contribution >= 4 is 17.5 Å².